The van der Waals surface area contributed by atoms with Crippen LogP contribution in [0.15, 0.2) is 24.3 Å². The van der Waals surface area contributed by atoms with Crippen molar-refractivity contribution < 1.29 is 4.39 Å². The summed E-state index contributed by atoms with van der Waals surface area (Å²) in [7, 11) is 0. The van der Waals surface area contributed by atoms with Crippen LogP contribution in [0.25, 0.3) is 0 Å². The monoisotopic (exact) mass is 168 g/mol. The summed E-state index contributed by atoms with van der Waals surface area (Å²) in [5.74, 6) is 5.03. The third kappa shape index (κ3) is 2.29. The number of nitrogens with two attached hydrogens (primary N) is 1. The van der Waals surface area contributed by atoms with Crippen molar-refractivity contribution >= 4 is 0 Å². The highest BCUT2D eigenvalue weighted by Gasteiger charge is 2.04. The maximum atomic E-state index is 13.0. The first-order valence-corrected chi connectivity index (χ1v) is 3.93. The second-order valence-electron chi connectivity index (χ2n) is 2.86. The molecule has 0 radical (unpaired) electrons. The van der Waals surface area contributed by atoms with Crippen LogP contribution in [0.5, 0.6) is 0 Å². The van der Waals surface area contributed by atoms with Gasteiger partial charge in [0.15, 0.2) is 0 Å². The van der Waals surface area contributed by atoms with Gasteiger partial charge in [0.2, 0.25) is 0 Å². The van der Waals surface area contributed by atoms with E-state index in [1.165, 1.54) is 6.07 Å². The Hall–Kier alpha value is -0.930. The van der Waals surface area contributed by atoms with Gasteiger partial charge in [0.25, 0.3) is 0 Å². The highest BCUT2D eigenvalue weighted by molar-refractivity contribution is 5.18. The molecule has 1 atom stereocenters. The van der Waals surface area contributed by atoms with Gasteiger partial charge in [0, 0.05) is 6.04 Å². The van der Waals surface area contributed by atoms with Gasteiger partial charge in [-0.3, -0.25) is 11.3 Å². The maximum absolute atomic E-state index is 13.0. The average molecular weight is 168 g/mol. The topological polar surface area (TPSA) is 38.0 Å². The summed E-state index contributed by atoms with van der Waals surface area (Å²) >= 11 is 0. The van der Waals surface area contributed by atoms with Crippen molar-refractivity contribution in [1.29, 1.82) is 0 Å². The SMILES string of the molecule is C[C@H](Cc1ccccc1F)NN. The maximum Gasteiger partial charge on any atom is 0.126 e. The molecule has 0 heterocycles. The first-order chi connectivity index (χ1) is 5.74. The second-order valence-corrected chi connectivity index (χ2v) is 2.86. The van der Waals surface area contributed by atoms with Crippen LogP contribution in [0.2, 0.25) is 0 Å². The van der Waals surface area contributed by atoms with Crippen molar-refractivity contribution in [3.63, 3.8) is 0 Å². The van der Waals surface area contributed by atoms with Gasteiger partial charge in [-0.2, -0.15) is 0 Å². The number of benzene rings is 1. The minimum atomic E-state index is -0.167. The van der Waals surface area contributed by atoms with Crippen LogP contribution in [0.3, 0.4) is 0 Å². The van der Waals surface area contributed by atoms with Gasteiger partial charge in [0.1, 0.15) is 5.82 Å². The van der Waals surface area contributed by atoms with Gasteiger partial charge in [-0.25, -0.2) is 4.39 Å². The van der Waals surface area contributed by atoms with E-state index in [1.807, 2.05) is 13.0 Å². The molecule has 0 unspecified atom stereocenters. The Morgan fingerprint density at radius 2 is 2.17 bits per heavy atom. The number of hydrogen-bond donors (Lipinski definition) is 2. The largest absolute Gasteiger partial charge is 0.271 e. The van der Waals surface area contributed by atoms with Gasteiger partial charge in [0.05, 0.1) is 0 Å². The van der Waals surface area contributed by atoms with Crippen molar-refractivity contribution in [2.24, 2.45) is 5.84 Å². The molecule has 3 N–H and O–H groups in total. The summed E-state index contributed by atoms with van der Waals surface area (Å²) in [5.41, 5.74) is 3.27. The summed E-state index contributed by atoms with van der Waals surface area (Å²) in [6.07, 6.45) is 0.614. The molecule has 0 aliphatic rings. The van der Waals surface area contributed by atoms with Crippen molar-refractivity contribution in [2.75, 3.05) is 0 Å². The zero-order chi connectivity index (χ0) is 8.97. The third-order valence-electron chi connectivity index (χ3n) is 1.77. The Bertz CT molecular complexity index is 250. The van der Waals surface area contributed by atoms with Crippen molar-refractivity contribution in [3.05, 3.63) is 35.6 Å². The van der Waals surface area contributed by atoms with E-state index in [4.69, 9.17) is 5.84 Å². The van der Waals surface area contributed by atoms with Crippen LogP contribution in [0.4, 0.5) is 4.39 Å². The van der Waals surface area contributed by atoms with Crippen LogP contribution >= 0.6 is 0 Å². The van der Waals surface area contributed by atoms with E-state index in [1.54, 1.807) is 12.1 Å². The molecule has 1 aromatic carbocycles. The molecule has 66 valence electrons. The summed E-state index contributed by atoms with van der Waals surface area (Å²) < 4.78 is 13.0. The smallest absolute Gasteiger partial charge is 0.126 e. The molecule has 0 amide bonds. The fourth-order valence-corrected chi connectivity index (χ4v) is 1.05. The van der Waals surface area contributed by atoms with Gasteiger partial charge < -0.3 is 0 Å². The van der Waals surface area contributed by atoms with Crippen molar-refractivity contribution in [3.8, 4) is 0 Å². The highest BCUT2D eigenvalue weighted by atomic mass is 19.1. The number of rotatable bonds is 3. The summed E-state index contributed by atoms with van der Waals surface area (Å²) in [6, 6.07) is 6.82. The third-order valence-corrected chi connectivity index (χ3v) is 1.77. The van der Waals surface area contributed by atoms with Crippen molar-refractivity contribution in [1.82, 2.24) is 5.43 Å². The first-order valence-electron chi connectivity index (χ1n) is 3.93. The van der Waals surface area contributed by atoms with Gasteiger partial charge in [-0.05, 0) is 25.0 Å². The van der Waals surface area contributed by atoms with E-state index in [0.717, 1.165) is 0 Å². The van der Waals surface area contributed by atoms with Gasteiger partial charge in [-0.15, -0.1) is 0 Å². The summed E-state index contributed by atoms with van der Waals surface area (Å²) in [5, 5.41) is 0. The Labute approximate surface area is 71.6 Å². The molecular formula is C9H13FN2. The molecule has 0 bridgehead atoms. The fourth-order valence-electron chi connectivity index (χ4n) is 1.05. The normalized spacial score (nSPS) is 12.9. The molecule has 1 rings (SSSR count). The summed E-state index contributed by atoms with van der Waals surface area (Å²) in [6.45, 7) is 1.91. The highest BCUT2D eigenvalue weighted by Crippen LogP contribution is 2.08. The number of nitrogens with one attached hydrogen (secondary N) is 1. The van der Waals surface area contributed by atoms with E-state index in [2.05, 4.69) is 5.43 Å². The van der Waals surface area contributed by atoms with Crippen LogP contribution in [-0.4, -0.2) is 6.04 Å². The van der Waals surface area contributed by atoms with E-state index in [-0.39, 0.29) is 11.9 Å². The lowest BCUT2D eigenvalue weighted by molar-refractivity contribution is 0.541. The molecular weight excluding hydrogens is 155 g/mol. The molecule has 0 spiro atoms. The fraction of sp³-hybridized carbons (Fsp3) is 0.333. The van der Waals surface area contributed by atoms with E-state index in [0.29, 0.717) is 12.0 Å². The lowest BCUT2D eigenvalue weighted by Gasteiger charge is -2.09. The molecule has 0 fully saturated rings. The standard InChI is InChI=1S/C9H13FN2/c1-7(12-11)6-8-4-2-3-5-9(8)10/h2-5,7,12H,6,11H2,1H3/t7-/m1/s1. The molecule has 12 heavy (non-hydrogen) atoms. The zero-order valence-corrected chi connectivity index (χ0v) is 7.05. The van der Waals surface area contributed by atoms with Crippen molar-refractivity contribution in [2.45, 2.75) is 19.4 Å². The second kappa shape index (κ2) is 4.18. The molecule has 0 aliphatic carbocycles. The predicted octanol–water partition coefficient (Wildman–Crippen LogP) is 1.22. The molecule has 3 heteroatoms. The van der Waals surface area contributed by atoms with Gasteiger partial charge >= 0.3 is 0 Å². The molecule has 1 aromatic rings. The van der Waals surface area contributed by atoms with Crippen LogP contribution in [-0.2, 0) is 6.42 Å². The predicted molar refractivity (Wildman–Crippen MR) is 46.9 cm³/mol. The number of hydrogen-bond acceptors (Lipinski definition) is 2. The Morgan fingerprint density at radius 1 is 1.50 bits per heavy atom. The van der Waals surface area contributed by atoms with E-state index >= 15 is 0 Å². The molecule has 0 saturated carbocycles. The molecule has 0 aromatic heterocycles. The van der Waals surface area contributed by atoms with E-state index < -0.39 is 0 Å². The lowest BCUT2D eigenvalue weighted by atomic mass is 10.1. The minimum Gasteiger partial charge on any atom is -0.271 e. The zero-order valence-electron chi connectivity index (χ0n) is 7.05. The molecule has 0 aliphatic heterocycles. The van der Waals surface area contributed by atoms with Crippen LogP contribution < -0.4 is 11.3 Å². The quantitative estimate of drug-likeness (QED) is 0.526. The number of hydrazine groups is 1. The minimum absolute atomic E-state index is 0.0990. The lowest BCUT2D eigenvalue weighted by Crippen LogP contribution is -2.34. The van der Waals surface area contributed by atoms with Gasteiger partial charge in [-0.1, -0.05) is 18.2 Å². The average Bonchev–Trinajstić information content (AvgIpc) is 2.09. The molecule has 2 nitrogen and oxygen atoms in total. The van der Waals surface area contributed by atoms with E-state index in [9.17, 15) is 4.39 Å². The molecule has 0 saturated heterocycles. The van der Waals surface area contributed by atoms with Crippen LogP contribution in [0.1, 0.15) is 12.5 Å². The number of halogens is 1. The Morgan fingerprint density at radius 3 is 2.75 bits per heavy atom. The first kappa shape index (κ1) is 9.16. The Balaban J connectivity index is 2.69. The Kier molecular flexibility index (Phi) is 3.19. The summed E-state index contributed by atoms with van der Waals surface area (Å²) in [4.78, 5) is 0. The van der Waals surface area contributed by atoms with Crippen LogP contribution in [0, 0.1) is 5.82 Å².